The van der Waals surface area contributed by atoms with Crippen LogP contribution >= 0.6 is 0 Å². The van der Waals surface area contributed by atoms with Crippen LogP contribution in [-0.4, -0.2) is 32.4 Å². The molecule has 2 N–H and O–H groups in total. The molecule has 0 bridgehead atoms. The van der Waals surface area contributed by atoms with Crippen molar-refractivity contribution in [3.05, 3.63) is 29.8 Å². The lowest BCUT2D eigenvalue weighted by molar-refractivity contribution is -0.0504. The molecule has 7 heteroatoms. The second-order valence-electron chi connectivity index (χ2n) is 5.42. The van der Waals surface area contributed by atoms with Gasteiger partial charge in [-0.1, -0.05) is 32.0 Å². The minimum Gasteiger partial charge on any atom is -0.434 e. The second-order valence-corrected chi connectivity index (χ2v) is 5.42. The van der Waals surface area contributed by atoms with Crippen LogP contribution in [0, 0.1) is 5.92 Å². The van der Waals surface area contributed by atoms with Gasteiger partial charge in [0.1, 0.15) is 5.75 Å². The van der Waals surface area contributed by atoms with Gasteiger partial charge in [-0.15, -0.1) is 0 Å². The normalized spacial score (nSPS) is 10.9. The molecule has 0 fully saturated rings. The fraction of sp³-hybridized carbons (Fsp3) is 0.562. The van der Waals surface area contributed by atoms with Gasteiger partial charge in [0.05, 0.1) is 0 Å². The fourth-order valence-electron chi connectivity index (χ4n) is 1.79. The van der Waals surface area contributed by atoms with Crippen LogP contribution in [0.2, 0.25) is 0 Å². The third-order valence-corrected chi connectivity index (χ3v) is 2.83. The van der Waals surface area contributed by atoms with Crippen LogP contribution in [0.3, 0.4) is 0 Å². The van der Waals surface area contributed by atoms with Crippen molar-refractivity contribution in [2.24, 2.45) is 5.92 Å². The molecule has 1 rings (SSSR count). The van der Waals surface area contributed by atoms with Gasteiger partial charge in [-0.25, -0.2) is 4.79 Å². The summed E-state index contributed by atoms with van der Waals surface area (Å²) in [4.78, 5) is 11.6. The number of para-hydroxylation sites is 1. The minimum absolute atomic E-state index is 0.0601. The highest BCUT2D eigenvalue weighted by Crippen LogP contribution is 2.19. The monoisotopic (exact) mass is 330 g/mol. The summed E-state index contributed by atoms with van der Waals surface area (Å²) in [5.41, 5.74) is 0.489. The predicted octanol–water partition coefficient (Wildman–Crippen LogP) is 3.15. The summed E-state index contributed by atoms with van der Waals surface area (Å²) >= 11 is 0. The van der Waals surface area contributed by atoms with E-state index in [4.69, 9.17) is 4.74 Å². The Balaban J connectivity index is 2.23. The third-order valence-electron chi connectivity index (χ3n) is 2.83. The summed E-state index contributed by atoms with van der Waals surface area (Å²) in [7, 11) is 0. The van der Waals surface area contributed by atoms with E-state index in [0.29, 0.717) is 37.7 Å². The molecule has 0 aliphatic rings. The average Bonchev–Trinajstić information content (AvgIpc) is 2.49. The number of hydrogen-bond acceptors (Lipinski definition) is 3. The highest BCUT2D eigenvalue weighted by molar-refractivity contribution is 5.73. The number of benzene rings is 1. The van der Waals surface area contributed by atoms with Crippen molar-refractivity contribution in [2.75, 3.05) is 19.8 Å². The Morgan fingerprint density at radius 2 is 1.96 bits per heavy atom. The molecule has 23 heavy (non-hydrogen) atoms. The third kappa shape index (κ3) is 8.97. The Labute approximate surface area is 135 Å². The molecule has 5 nitrogen and oxygen atoms in total. The summed E-state index contributed by atoms with van der Waals surface area (Å²) < 4.78 is 34.4. The quantitative estimate of drug-likeness (QED) is 0.648. The Morgan fingerprint density at radius 3 is 2.65 bits per heavy atom. The van der Waals surface area contributed by atoms with Crippen LogP contribution in [0.4, 0.5) is 13.6 Å². The molecule has 130 valence electrons. The summed E-state index contributed by atoms with van der Waals surface area (Å²) in [6.07, 6.45) is 0.714. The molecule has 1 aromatic carbocycles. The van der Waals surface area contributed by atoms with Crippen molar-refractivity contribution < 1.29 is 23.0 Å². The number of amides is 2. The first-order chi connectivity index (χ1) is 11.0. The maximum Gasteiger partial charge on any atom is 0.387 e. The van der Waals surface area contributed by atoms with E-state index in [9.17, 15) is 13.6 Å². The average molecular weight is 330 g/mol. The Hall–Kier alpha value is -1.89. The van der Waals surface area contributed by atoms with Crippen molar-refractivity contribution in [3.8, 4) is 5.75 Å². The highest BCUT2D eigenvalue weighted by Gasteiger charge is 2.09. The Bertz CT molecular complexity index is 470. The topological polar surface area (TPSA) is 59.6 Å². The molecule has 0 atom stereocenters. The number of carbonyl (C=O) groups is 1. The summed E-state index contributed by atoms with van der Waals surface area (Å²) in [5.74, 6) is 0.548. The Morgan fingerprint density at radius 1 is 1.22 bits per heavy atom. The van der Waals surface area contributed by atoms with Crippen LogP contribution in [0.1, 0.15) is 25.8 Å². The SMILES string of the molecule is CC(C)COCCCNC(=O)NCc1ccccc1OC(F)F. The number of halogens is 2. The van der Waals surface area contributed by atoms with E-state index in [2.05, 4.69) is 29.2 Å². The molecular weight excluding hydrogens is 306 g/mol. The van der Waals surface area contributed by atoms with Crippen LogP contribution in [-0.2, 0) is 11.3 Å². The van der Waals surface area contributed by atoms with E-state index >= 15 is 0 Å². The van der Waals surface area contributed by atoms with Gasteiger partial charge in [-0.05, 0) is 18.4 Å². The second kappa shape index (κ2) is 10.8. The van der Waals surface area contributed by atoms with Crippen LogP contribution < -0.4 is 15.4 Å². The first-order valence-corrected chi connectivity index (χ1v) is 7.61. The summed E-state index contributed by atoms with van der Waals surface area (Å²) in [6, 6.07) is 5.99. The van der Waals surface area contributed by atoms with Gasteiger partial charge in [0.25, 0.3) is 0 Å². The number of carbonyl (C=O) groups excluding carboxylic acids is 1. The molecule has 0 spiro atoms. The standard InChI is InChI=1S/C16H24F2N2O3/c1-12(2)11-22-9-5-8-19-16(21)20-10-13-6-3-4-7-14(13)23-15(17)18/h3-4,6-7,12,15H,5,8-11H2,1-2H3,(H2,19,20,21). The van der Waals surface area contributed by atoms with Crippen LogP contribution in [0.25, 0.3) is 0 Å². The van der Waals surface area contributed by atoms with E-state index in [1.54, 1.807) is 18.2 Å². The number of ether oxygens (including phenoxy) is 2. The molecule has 0 aliphatic carbocycles. The van der Waals surface area contributed by atoms with Crippen LogP contribution in [0.15, 0.2) is 24.3 Å². The van der Waals surface area contributed by atoms with Gasteiger partial charge in [0, 0.05) is 31.9 Å². The molecule has 0 radical (unpaired) electrons. The molecule has 0 saturated carbocycles. The molecule has 0 aromatic heterocycles. The zero-order valence-electron chi connectivity index (χ0n) is 13.5. The molecule has 0 unspecified atom stereocenters. The van der Waals surface area contributed by atoms with Gasteiger partial charge in [-0.2, -0.15) is 8.78 Å². The summed E-state index contributed by atoms with van der Waals surface area (Å²) in [6.45, 7) is 3.13. The molecule has 2 amide bonds. The maximum atomic E-state index is 12.3. The van der Waals surface area contributed by atoms with Crippen molar-refractivity contribution in [2.45, 2.75) is 33.4 Å². The van der Waals surface area contributed by atoms with Gasteiger partial charge in [0.2, 0.25) is 0 Å². The lowest BCUT2D eigenvalue weighted by atomic mass is 10.2. The minimum atomic E-state index is -2.89. The number of alkyl halides is 2. The first-order valence-electron chi connectivity index (χ1n) is 7.61. The number of hydrogen-bond donors (Lipinski definition) is 2. The van der Waals surface area contributed by atoms with E-state index in [1.807, 2.05) is 0 Å². The predicted molar refractivity (Wildman–Crippen MR) is 83.6 cm³/mol. The van der Waals surface area contributed by atoms with Crippen molar-refractivity contribution >= 4 is 6.03 Å². The zero-order valence-corrected chi connectivity index (χ0v) is 13.5. The molecule has 0 aliphatic heterocycles. The largest absolute Gasteiger partial charge is 0.434 e. The van der Waals surface area contributed by atoms with Crippen molar-refractivity contribution in [3.63, 3.8) is 0 Å². The smallest absolute Gasteiger partial charge is 0.387 e. The molecule has 1 aromatic rings. The number of nitrogens with one attached hydrogen (secondary N) is 2. The van der Waals surface area contributed by atoms with E-state index in [1.165, 1.54) is 6.07 Å². The van der Waals surface area contributed by atoms with Gasteiger partial charge in [-0.3, -0.25) is 0 Å². The van der Waals surface area contributed by atoms with Gasteiger partial charge in [0.15, 0.2) is 0 Å². The van der Waals surface area contributed by atoms with E-state index in [0.717, 1.165) is 0 Å². The first kappa shape index (κ1) is 19.2. The lowest BCUT2D eigenvalue weighted by Crippen LogP contribution is -2.36. The van der Waals surface area contributed by atoms with Crippen molar-refractivity contribution in [1.82, 2.24) is 10.6 Å². The van der Waals surface area contributed by atoms with Crippen LogP contribution in [0.5, 0.6) is 5.75 Å². The molecular formula is C16H24F2N2O3. The van der Waals surface area contributed by atoms with E-state index in [-0.39, 0.29) is 18.3 Å². The molecule has 0 saturated heterocycles. The van der Waals surface area contributed by atoms with Gasteiger partial charge >= 0.3 is 12.6 Å². The highest BCUT2D eigenvalue weighted by atomic mass is 19.3. The fourth-order valence-corrected chi connectivity index (χ4v) is 1.79. The maximum absolute atomic E-state index is 12.3. The Kier molecular flexibility index (Phi) is 8.97. The lowest BCUT2D eigenvalue weighted by Gasteiger charge is -2.12. The van der Waals surface area contributed by atoms with Crippen molar-refractivity contribution in [1.29, 1.82) is 0 Å². The zero-order chi connectivity index (χ0) is 17.1. The number of urea groups is 1. The van der Waals surface area contributed by atoms with Gasteiger partial charge < -0.3 is 20.1 Å². The van der Waals surface area contributed by atoms with E-state index < -0.39 is 6.61 Å². The number of rotatable bonds is 10. The summed E-state index contributed by atoms with van der Waals surface area (Å²) in [5, 5.41) is 5.29. The molecule has 0 heterocycles.